The van der Waals surface area contributed by atoms with Crippen molar-refractivity contribution < 1.29 is 9.53 Å². The van der Waals surface area contributed by atoms with Crippen molar-refractivity contribution in [3.8, 4) is 11.4 Å². The molecule has 0 unspecified atom stereocenters. The number of nitrogens with zero attached hydrogens (tertiary/aromatic N) is 5. The van der Waals surface area contributed by atoms with Crippen LogP contribution in [-0.4, -0.2) is 35.9 Å². The number of benzene rings is 1. The van der Waals surface area contributed by atoms with Crippen LogP contribution in [0.5, 0.6) is 0 Å². The van der Waals surface area contributed by atoms with Crippen LogP contribution in [0, 0.1) is 0 Å². The zero-order valence-electron chi connectivity index (χ0n) is 11.8. The highest BCUT2D eigenvalue weighted by Gasteiger charge is 2.04. The second kappa shape index (κ2) is 6.84. The number of rotatable bonds is 5. The molecular formula is C14H11ClN6O2. The van der Waals surface area contributed by atoms with Crippen LogP contribution in [0.1, 0.15) is 5.82 Å². The van der Waals surface area contributed by atoms with Gasteiger partial charge in [-0.3, -0.25) is 0 Å². The summed E-state index contributed by atoms with van der Waals surface area (Å²) in [5.41, 5.74) is 0.789. The summed E-state index contributed by atoms with van der Waals surface area (Å²) in [7, 11) is 0. The summed E-state index contributed by atoms with van der Waals surface area (Å²) in [6.07, 6.45) is 5.58. The van der Waals surface area contributed by atoms with E-state index in [0.717, 1.165) is 5.56 Å². The fourth-order valence-electron chi connectivity index (χ4n) is 1.73. The summed E-state index contributed by atoms with van der Waals surface area (Å²) in [5.74, 6) is 0.448. The van der Waals surface area contributed by atoms with Gasteiger partial charge in [-0.1, -0.05) is 23.7 Å². The van der Waals surface area contributed by atoms with E-state index < -0.39 is 5.97 Å². The predicted molar refractivity (Wildman–Crippen MR) is 82.0 cm³/mol. The van der Waals surface area contributed by atoms with E-state index in [9.17, 15) is 4.79 Å². The van der Waals surface area contributed by atoms with Crippen LogP contribution in [0.4, 0.5) is 0 Å². The van der Waals surface area contributed by atoms with Crippen LogP contribution >= 0.6 is 11.6 Å². The lowest BCUT2D eigenvalue weighted by Gasteiger charge is -1.97. The molecule has 3 aromatic rings. The van der Waals surface area contributed by atoms with Crippen molar-refractivity contribution in [2.75, 3.05) is 0 Å². The molecule has 23 heavy (non-hydrogen) atoms. The largest absolute Gasteiger partial charge is 0.454 e. The number of nitrogens with one attached hydrogen (secondary N) is 1. The zero-order valence-corrected chi connectivity index (χ0v) is 12.5. The number of aromatic amines is 1. The standard InChI is InChI=1S/C14H11ClN6O2/c15-11-3-1-2-10(6-11)14-17-9-21(20-14)5-4-13(22)23-7-12-16-8-18-19-12/h1-6,8-9H,7H2,(H,16,18,19). The third-order valence-electron chi connectivity index (χ3n) is 2.77. The molecule has 0 atom stereocenters. The SMILES string of the molecule is O=C(C=Cn1cnc(-c2cccc(Cl)c2)n1)OCc1nnc[nH]1. The zero-order chi connectivity index (χ0) is 16.1. The van der Waals surface area contributed by atoms with Gasteiger partial charge in [-0.2, -0.15) is 0 Å². The molecule has 0 aliphatic heterocycles. The van der Waals surface area contributed by atoms with Crippen LogP contribution in [0.2, 0.25) is 5.02 Å². The summed E-state index contributed by atoms with van der Waals surface area (Å²) >= 11 is 5.93. The van der Waals surface area contributed by atoms with Gasteiger partial charge in [0, 0.05) is 22.9 Å². The summed E-state index contributed by atoms with van der Waals surface area (Å²) < 4.78 is 6.39. The Morgan fingerprint density at radius 1 is 1.43 bits per heavy atom. The highest BCUT2D eigenvalue weighted by Crippen LogP contribution is 2.18. The molecule has 0 amide bonds. The Morgan fingerprint density at radius 3 is 3.13 bits per heavy atom. The molecule has 0 saturated carbocycles. The van der Waals surface area contributed by atoms with Crippen molar-refractivity contribution in [2.45, 2.75) is 6.61 Å². The van der Waals surface area contributed by atoms with Gasteiger partial charge in [0.2, 0.25) is 0 Å². The lowest BCUT2D eigenvalue weighted by molar-refractivity contribution is -0.139. The molecule has 1 N–H and O–H groups in total. The first kappa shape index (κ1) is 14.9. The highest BCUT2D eigenvalue weighted by atomic mass is 35.5. The van der Waals surface area contributed by atoms with Crippen molar-refractivity contribution in [2.24, 2.45) is 0 Å². The lowest BCUT2D eigenvalue weighted by atomic mass is 10.2. The first-order valence-corrected chi connectivity index (χ1v) is 6.95. The molecule has 0 saturated heterocycles. The Bertz CT molecular complexity index is 827. The minimum Gasteiger partial charge on any atom is -0.454 e. The van der Waals surface area contributed by atoms with Crippen molar-refractivity contribution in [1.82, 2.24) is 29.9 Å². The number of H-pyrrole nitrogens is 1. The van der Waals surface area contributed by atoms with Crippen molar-refractivity contribution in [3.63, 3.8) is 0 Å². The number of carbonyl (C=O) groups excluding carboxylic acids is 1. The van der Waals surface area contributed by atoms with Crippen molar-refractivity contribution >= 4 is 23.8 Å². The first-order chi connectivity index (χ1) is 11.2. The van der Waals surface area contributed by atoms with Crippen LogP contribution in [-0.2, 0) is 16.1 Å². The Morgan fingerprint density at radius 2 is 2.35 bits per heavy atom. The van der Waals surface area contributed by atoms with Gasteiger partial charge in [-0.05, 0) is 12.1 Å². The summed E-state index contributed by atoms with van der Waals surface area (Å²) in [4.78, 5) is 18.5. The summed E-state index contributed by atoms with van der Waals surface area (Å²) in [6.45, 7) is 0.0221. The normalized spacial score (nSPS) is 11.0. The third-order valence-corrected chi connectivity index (χ3v) is 3.01. The molecule has 1 aromatic carbocycles. The molecule has 2 aromatic heterocycles. The number of esters is 1. The predicted octanol–water partition coefficient (Wildman–Crippen LogP) is 1.93. The summed E-state index contributed by atoms with van der Waals surface area (Å²) in [5, 5.41) is 12.1. The number of hydrogen-bond donors (Lipinski definition) is 1. The highest BCUT2D eigenvalue weighted by molar-refractivity contribution is 6.30. The molecule has 8 nitrogen and oxygen atoms in total. The maximum atomic E-state index is 11.6. The van der Waals surface area contributed by atoms with Gasteiger partial charge in [0.25, 0.3) is 0 Å². The van der Waals surface area contributed by atoms with E-state index in [1.165, 1.54) is 29.6 Å². The average molecular weight is 331 g/mol. The van der Waals surface area contributed by atoms with Crippen molar-refractivity contribution in [1.29, 1.82) is 0 Å². The fraction of sp³-hybridized carbons (Fsp3) is 0.0714. The number of aromatic nitrogens is 6. The molecule has 0 radical (unpaired) electrons. The molecule has 0 aliphatic rings. The van der Waals surface area contributed by atoms with E-state index in [1.807, 2.05) is 12.1 Å². The molecule has 0 spiro atoms. The molecule has 0 bridgehead atoms. The van der Waals surface area contributed by atoms with Crippen LogP contribution in [0.15, 0.2) is 43.0 Å². The average Bonchev–Trinajstić information content (AvgIpc) is 3.22. The van der Waals surface area contributed by atoms with E-state index in [1.54, 1.807) is 12.1 Å². The molecule has 0 aliphatic carbocycles. The molecular weight excluding hydrogens is 320 g/mol. The fourth-order valence-corrected chi connectivity index (χ4v) is 1.92. The molecule has 9 heteroatoms. The summed E-state index contributed by atoms with van der Waals surface area (Å²) in [6, 6.07) is 7.19. The Hall–Kier alpha value is -3.00. The molecule has 2 heterocycles. The topological polar surface area (TPSA) is 98.6 Å². The van der Waals surface area contributed by atoms with E-state index in [0.29, 0.717) is 16.7 Å². The third kappa shape index (κ3) is 4.01. The minimum atomic E-state index is -0.527. The van der Waals surface area contributed by atoms with Gasteiger partial charge in [0.1, 0.15) is 12.7 Å². The van der Waals surface area contributed by atoms with E-state index in [4.69, 9.17) is 16.3 Å². The van der Waals surface area contributed by atoms with Crippen LogP contribution in [0.3, 0.4) is 0 Å². The van der Waals surface area contributed by atoms with Gasteiger partial charge in [0.05, 0.1) is 0 Å². The molecule has 3 rings (SSSR count). The molecule has 0 fully saturated rings. The quantitative estimate of drug-likeness (QED) is 0.567. The smallest absolute Gasteiger partial charge is 0.332 e. The van der Waals surface area contributed by atoms with Crippen molar-refractivity contribution in [3.05, 3.63) is 53.8 Å². The number of ether oxygens (including phenoxy) is 1. The van der Waals surface area contributed by atoms with Gasteiger partial charge >= 0.3 is 5.97 Å². The Kier molecular flexibility index (Phi) is 4.44. The lowest BCUT2D eigenvalue weighted by Crippen LogP contribution is -2.02. The van der Waals surface area contributed by atoms with Crippen LogP contribution < -0.4 is 0 Å². The molecule has 116 valence electrons. The first-order valence-electron chi connectivity index (χ1n) is 6.58. The van der Waals surface area contributed by atoms with Gasteiger partial charge < -0.3 is 9.72 Å². The monoisotopic (exact) mass is 330 g/mol. The maximum absolute atomic E-state index is 11.6. The second-order valence-electron chi connectivity index (χ2n) is 4.42. The van der Waals surface area contributed by atoms with Crippen LogP contribution in [0.25, 0.3) is 17.6 Å². The number of carbonyl (C=O) groups is 1. The van der Waals surface area contributed by atoms with Gasteiger partial charge in [-0.15, -0.1) is 15.3 Å². The number of hydrogen-bond acceptors (Lipinski definition) is 6. The Balaban J connectivity index is 1.61. The van der Waals surface area contributed by atoms with E-state index in [-0.39, 0.29) is 6.61 Å². The van der Waals surface area contributed by atoms with E-state index in [2.05, 4.69) is 25.3 Å². The Labute approximate surface area is 135 Å². The van der Waals surface area contributed by atoms with Gasteiger partial charge in [-0.25, -0.2) is 14.5 Å². The second-order valence-corrected chi connectivity index (χ2v) is 4.85. The maximum Gasteiger partial charge on any atom is 0.332 e. The number of halogens is 1. The van der Waals surface area contributed by atoms with Gasteiger partial charge in [0.15, 0.2) is 18.3 Å². The van der Waals surface area contributed by atoms with E-state index >= 15 is 0 Å². The minimum absolute atomic E-state index is 0.0221.